The number of amides is 1. The van der Waals surface area contributed by atoms with Gasteiger partial charge in [-0.3, -0.25) is 0 Å². The number of hydrogen-bond acceptors (Lipinski definition) is 3. The van der Waals surface area contributed by atoms with Gasteiger partial charge in [0, 0.05) is 11.1 Å². The first kappa shape index (κ1) is 18.1. The molecule has 0 radical (unpaired) electrons. The van der Waals surface area contributed by atoms with Crippen molar-refractivity contribution in [2.75, 3.05) is 0 Å². The first-order valence-electron chi connectivity index (χ1n) is 8.23. The van der Waals surface area contributed by atoms with E-state index in [0.29, 0.717) is 0 Å². The molecule has 0 bridgehead atoms. The highest BCUT2D eigenvalue weighted by molar-refractivity contribution is 6.30. The molecule has 0 aliphatic heterocycles. The fourth-order valence-corrected chi connectivity index (χ4v) is 3.75. The Morgan fingerprint density at radius 3 is 2.61 bits per heavy atom. The van der Waals surface area contributed by atoms with Gasteiger partial charge in [0.15, 0.2) is 0 Å². The average molecular weight is 339 g/mol. The lowest BCUT2D eigenvalue weighted by Crippen LogP contribution is -2.39. The molecule has 4 nitrogen and oxygen atoms in total. The number of ether oxygens (including phenoxy) is 1. The van der Waals surface area contributed by atoms with Gasteiger partial charge in [-0.15, -0.1) is 0 Å². The maximum atomic E-state index is 11.1. The minimum absolute atomic E-state index is 0.0407. The molecule has 5 heteroatoms. The molecule has 0 aromatic heterocycles. The zero-order valence-electron chi connectivity index (χ0n) is 14.0. The summed E-state index contributed by atoms with van der Waals surface area (Å²) >= 11 is 6.20. The van der Waals surface area contributed by atoms with Gasteiger partial charge in [-0.1, -0.05) is 23.7 Å². The summed E-state index contributed by atoms with van der Waals surface area (Å²) in [7, 11) is 0. The molecular weight excluding hydrogens is 312 g/mol. The van der Waals surface area contributed by atoms with E-state index in [1.807, 2.05) is 26.0 Å². The summed E-state index contributed by atoms with van der Waals surface area (Å²) in [5.41, 5.74) is 12.0. The summed E-state index contributed by atoms with van der Waals surface area (Å²) in [6.07, 6.45) is 5.01. The Balaban J connectivity index is 2.20. The molecule has 1 amide bonds. The van der Waals surface area contributed by atoms with Crippen LogP contribution in [-0.2, 0) is 10.2 Å². The van der Waals surface area contributed by atoms with Gasteiger partial charge in [0.25, 0.3) is 0 Å². The Kier molecular flexibility index (Phi) is 5.58. The minimum Gasteiger partial charge on any atom is -0.444 e. The van der Waals surface area contributed by atoms with Crippen LogP contribution >= 0.6 is 11.6 Å². The fourth-order valence-electron chi connectivity index (χ4n) is 3.56. The molecule has 23 heavy (non-hydrogen) atoms. The summed E-state index contributed by atoms with van der Waals surface area (Å²) in [6.45, 7) is 3.80. The molecule has 1 aromatic carbocycles. The first-order chi connectivity index (χ1) is 10.7. The number of halogens is 1. The van der Waals surface area contributed by atoms with Crippen molar-refractivity contribution in [3.63, 3.8) is 0 Å². The number of primary amides is 1. The molecule has 1 fully saturated rings. The van der Waals surface area contributed by atoms with E-state index in [2.05, 4.69) is 12.1 Å². The third-order valence-electron chi connectivity index (χ3n) is 5.01. The van der Waals surface area contributed by atoms with Crippen molar-refractivity contribution in [2.24, 2.45) is 11.5 Å². The van der Waals surface area contributed by atoms with Crippen LogP contribution in [0.5, 0.6) is 0 Å². The monoisotopic (exact) mass is 338 g/mol. The normalized spacial score (nSPS) is 25.1. The van der Waals surface area contributed by atoms with E-state index < -0.39 is 11.7 Å². The number of hydrogen-bond donors (Lipinski definition) is 2. The maximum absolute atomic E-state index is 11.1. The molecule has 128 valence electrons. The highest BCUT2D eigenvalue weighted by Crippen LogP contribution is 2.44. The summed E-state index contributed by atoms with van der Waals surface area (Å²) < 4.78 is 5.24. The minimum atomic E-state index is -0.725. The van der Waals surface area contributed by atoms with Crippen molar-refractivity contribution in [3.8, 4) is 0 Å². The zero-order valence-corrected chi connectivity index (χ0v) is 14.7. The summed E-state index contributed by atoms with van der Waals surface area (Å²) in [6, 6.07) is 8.37. The molecule has 2 rings (SSSR count). The van der Waals surface area contributed by atoms with Gasteiger partial charge in [-0.25, -0.2) is 4.79 Å². The van der Waals surface area contributed by atoms with Crippen LogP contribution in [0.2, 0.25) is 5.02 Å². The number of benzene rings is 1. The van der Waals surface area contributed by atoms with E-state index >= 15 is 0 Å². The van der Waals surface area contributed by atoms with Crippen molar-refractivity contribution >= 4 is 17.7 Å². The van der Waals surface area contributed by atoms with Crippen LogP contribution in [0.25, 0.3) is 0 Å². The lowest BCUT2D eigenvalue weighted by atomic mass is 9.65. The topological polar surface area (TPSA) is 78.3 Å². The Morgan fingerprint density at radius 2 is 2.04 bits per heavy atom. The highest BCUT2D eigenvalue weighted by atomic mass is 35.5. The van der Waals surface area contributed by atoms with E-state index in [9.17, 15) is 4.79 Å². The van der Waals surface area contributed by atoms with Crippen LogP contribution in [0.15, 0.2) is 24.3 Å². The summed E-state index contributed by atoms with van der Waals surface area (Å²) in [5, 5.41) is 0.754. The van der Waals surface area contributed by atoms with Crippen LogP contribution in [0, 0.1) is 0 Å². The number of nitrogens with two attached hydrogens (primary N) is 2. The van der Waals surface area contributed by atoms with Crippen molar-refractivity contribution in [3.05, 3.63) is 34.9 Å². The van der Waals surface area contributed by atoms with Gasteiger partial charge in [0.2, 0.25) is 0 Å². The number of rotatable bonds is 5. The second-order valence-corrected chi connectivity index (χ2v) is 7.75. The zero-order chi connectivity index (χ0) is 17.1. The molecule has 0 saturated heterocycles. The highest BCUT2D eigenvalue weighted by Gasteiger charge is 2.38. The van der Waals surface area contributed by atoms with Crippen molar-refractivity contribution in [1.82, 2.24) is 0 Å². The van der Waals surface area contributed by atoms with Crippen LogP contribution in [0.1, 0.15) is 57.9 Å². The van der Waals surface area contributed by atoms with E-state index in [4.69, 9.17) is 27.8 Å². The Bertz CT molecular complexity index is 552. The third kappa shape index (κ3) is 4.85. The number of carbonyl (C=O) groups excluding carboxylic acids is 1. The van der Waals surface area contributed by atoms with E-state index in [1.54, 1.807) is 0 Å². The second kappa shape index (κ2) is 7.10. The summed E-state index contributed by atoms with van der Waals surface area (Å²) in [4.78, 5) is 11.1. The molecule has 0 spiro atoms. The number of carbonyl (C=O) groups is 1. The predicted molar refractivity (Wildman–Crippen MR) is 93.6 cm³/mol. The van der Waals surface area contributed by atoms with E-state index in [1.165, 1.54) is 5.56 Å². The van der Waals surface area contributed by atoms with Crippen LogP contribution in [0.4, 0.5) is 4.79 Å². The lowest BCUT2D eigenvalue weighted by molar-refractivity contribution is 0.0299. The predicted octanol–water partition coefficient (Wildman–Crippen LogP) is 4.13. The van der Waals surface area contributed by atoms with Gasteiger partial charge in [0.05, 0.1) is 0 Å². The standard InChI is InChI=1S/C18H27ClN2O2/c1-17(2,23-16(21)22)10-11-18(8-6-15(20)7-9-18)13-4-3-5-14(19)12-13/h3-5,12,15H,6-11,20H2,1-2H3,(H2,21,22). The van der Waals surface area contributed by atoms with Gasteiger partial charge in [0.1, 0.15) is 5.60 Å². The quantitative estimate of drug-likeness (QED) is 0.847. The van der Waals surface area contributed by atoms with E-state index in [-0.39, 0.29) is 11.5 Å². The molecule has 1 saturated carbocycles. The Labute approximate surface area is 143 Å². The van der Waals surface area contributed by atoms with Crippen LogP contribution in [0.3, 0.4) is 0 Å². The van der Waals surface area contributed by atoms with Crippen molar-refractivity contribution in [1.29, 1.82) is 0 Å². The SMILES string of the molecule is CC(C)(CCC1(c2cccc(Cl)c2)CCC(N)CC1)OC(N)=O. The second-order valence-electron chi connectivity index (χ2n) is 7.31. The molecule has 0 unspecified atom stereocenters. The molecule has 4 N–H and O–H groups in total. The summed E-state index contributed by atoms with van der Waals surface area (Å²) in [5.74, 6) is 0. The maximum Gasteiger partial charge on any atom is 0.405 e. The van der Waals surface area contributed by atoms with Crippen molar-refractivity contribution < 1.29 is 9.53 Å². The van der Waals surface area contributed by atoms with Gasteiger partial charge >= 0.3 is 6.09 Å². The molecule has 0 atom stereocenters. The molecule has 1 aliphatic carbocycles. The van der Waals surface area contributed by atoms with Crippen molar-refractivity contribution in [2.45, 2.75) is 69.4 Å². The van der Waals surface area contributed by atoms with Crippen LogP contribution in [-0.4, -0.2) is 17.7 Å². The van der Waals surface area contributed by atoms with E-state index in [0.717, 1.165) is 43.5 Å². The Morgan fingerprint density at radius 1 is 1.39 bits per heavy atom. The molecule has 1 aromatic rings. The van der Waals surface area contributed by atoms with Crippen LogP contribution < -0.4 is 11.5 Å². The molecule has 1 aliphatic rings. The van der Waals surface area contributed by atoms with Gasteiger partial charge in [-0.2, -0.15) is 0 Å². The lowest BCUT2D eigenvalue weighted by Gasteiger charge is -2.41. The smallest absolute Gasteiger partial charge is 0.405 e. The Hall–Kier alpha value is -1.26. The van der Waals surface area contributed by atoms with Gasteiger partial charge < -0.3 is 16.2 Å². The fraction of sp³-hybridized carbons (Fsp3) is 0.611. The largest absolute Gasteiger partial charge is 0.444 e. The average Bonchev–Trinajstić information content (AvgIpc) is 2.46. The first-order valence-corrected chi connectivity index (χ1v) is 8.60. The van der Waals surface area contributed by atoms with Gasteiger partial charge in [-0.05, 0) is 75.5 Å². The third-order valence-corrected chi connectivity index (χ3v) is 5.24. The molecular formula is C18H27ClN2O2. The molecule has 0 heterocycles.